The van der Waals surface area contributed by atoms with E-state index in [1.165, 1.54) is 6.08 Å². The molecule has 0 amide bonds. The Morgan fingerprint density at radius 3 is 2.81 bits per heavy atom. The summed E-state index contributed by atoms with van der Waals surface area (Å²) in [5, 5.41) is 11.7. The Balaban J connectivity index is 2.68. The molecule has 0 atom stereocenters. The number of halogens is 2. The monoisotopic (exact) mass is 347 g/mol. The Kier molecular flexibility index (Phi) is 5.02. The summed E-state index contributed by atoms with van der Waals surface area (Å²) < 4.78 is 1.91. The third kappa shape index (κ3) is 4.37. The van der Waals surface area contributed by atoms with E-state index < -0.39 is 5.97 Å². The largest absolute Gasteiger partial charge is 0.478 e. The molecule has 0 saturated heterocycles. The van der Waals surface area contributed by atoms with Crippen molar-refractivity contribution in [2.45, 2.75) is 6.92 Å². The van der Waals surface area contributed by atoms with Gasteiger partial charge >= 0.3 is 5.97 Å². The summed E-state index contributed by atoms with van der Waals surface area (Å²) in [5.74, 6) is -0.924. The number of hydrogen-bond donors (Lipinski definition) is 2. The number of carboxylic acid groups (broad SMARTS) is 1. The van der Waals surface area contributed by atoms with Crippen molar-refractivity contribution >= 4 is 43.5 Å². The maximum atomic E-state index is 10.4. The van der Waals surface area contributed by atoms with Crippen LogP contribution in [-0.4, -0.2) is 17.6 Å². The molecule has 0 spiro atoms. The van der Waals surface area contributed by atoms with E-state index in [4.69, 9.17) is 5.11 Å². The number of benzene rings is 1. The topological polar surface area (TPSA) is 49.3 Å². The Bertz CT molecular complexity index is 430. The lowest BCUT2D eigenvalue weighted by Gasteiger charge is -2.08. The van der Waals surface area contributed by atoms with Gasteiger partial charge in [0.05, 0.1) is 0 Å². The van der Waals surface area contributed by atoms with E-state index in [2.05, 4.69) is 37.2 Å². The highest BCUT2D eigenvalue weighted by atomic mass is 79.9. The minimum atomic E-state index is -0.924. The standard InChI is InChI=1S/C11H11Br2NO2/c1-7(4-11(15)16)6-14-10-5-8(12)2-3-9(10)13/h2-5,14H,6H2,1H3,(H,15,16)/b7-4-. The molecule has 0 fully saturated rings. The molecule has 0 aliphatic carbocycles. The zero-order valence-corrected chi connectivity index (χ0v) is 11.8. The number of rotatable bonds is 4. The minimum absolute atomic E-state index is 0.501. The van der Waals surface area contributed by atoms with Crippen LogP contribution in [-0.2, 0) is 4.79 Å². The van der Waals surface area contributed by atoms with Gasteiger partial charge in [-0.05, 0) is 46.6 Å². The van der Waals surface area contributed by atoms with Gasteiger partial charge in [0.15, 0.2) is 0 Å². The maximum Gasteiger partial charge on any atom is 0.328 e. The number of carbonyl (C=O) groups is 1. The van der Waals surface area contributed by atoms with Crippen LogP contribution < -0.4 is 5.32 Å². The summed E-state index contributed by atoms with van der Waals surface area (Å²) in [6, 6.07) is 5.77. The molecular weight excluding hydrogens is 338 g/mol. The van der Waals surface area contributed by atoms with Crippen LogP contribution in [0, 0.1) is 0 Å². The summed E-state index contributed by atoms with van der Waals surface area (Å²) in [6.07, 6.45) is 1.19. The number of hydrogen-bond acceptors (Lipinski definition) is 2. The van der Waals surface area contributed by atoms with Crippen molar-refractivity contribution in [3.05, 3.63) is 38.8 Å². The molecule has 3 nitrogen and oxygen atoms in total. The van der Waals surface area contributed by atoms with Crippen molar-refractivity contribution in [3.63, 3.8) is 0 Å². The quantitative estimate of drug-likeness (QED) is 0.816. The Labute approximate surface area is 111 Å². The second kappa shape index (κ2) is 6.06. The summed E-state index contributed by atoms with van der Waals surface area (Å²) in [7, 11) is 0. The molecule has 0 aromatic heterocycles. The van der Waals surface area contributed by atoms with Gasteiger partial charge in [-0.1, -0.05) is 15.9 Å². The molecule has 0 heterocycles. The second-order valence-electron chi connectivity index (χ2n) is 3.31. The van der Waals surface area contributed by atoms with Crippen molar-refractivity contribution in [2.75, 3.05) is 11.9 Å². The smallest absolute Gasteiger partial charge is 0.328 e. The lowest BCUT2D eigenvalue weighted by Crippen LogP contribution is -2.05. The zero-order valence-electron chi connectivity index (χ0n) is 8.63. The van der Waals surface area contributed by atoms with Crippen LogP contribution in [0.3, 0.4) is 0 Å². The van der Waals surface area contributed by atoms with Gasteiger partial charge < -0.3 is 10.4 Å². The van der Waals surface area contributed by atoms with Gasteiger partial charge in [0.2, 0.25) is 0 Å². The number of anilines is 1. The fraction of sp³-hybridized carbons (Fsp3) is 0.182. The predicted molar refractivity (Wildman–Crippen MR) is 71.7 cm³/mol. The van der Waals surface area contributed by atoms with Crippen molar-refractivity contribution in [1.82, 2.24) is 0 Å². The summed E-state index contributed by atoms with van der Waals surface area (Å²) in [4.78, 5) is 10.4. The molecule has 0 saturated carbocycles. The van der Waals surface area contributed by atoms with Crippen LogP contribution in [0.2, 0.25) is 0 Å². The van der Waals surface area contributed by atoms with Crippen LogP contribution in [0.15, 0.2) is 38.8 Å². The van der Waals surface area contributed by atoms with Crippen LogP contribution in [0.5, 0.6) is 0 Å². The summed E-state index contributed by atoms with van der Waals surface area (Å²) >= 11 is 6.79. The molecule has 1 rings (SSSR count). The zero-order chi connectivity index (χ0) is 12.1. The van der Waals surface area contributed by atoms with E-state index in [0.29, 0.717) is 6.54 Å². The minimum Gasteiger partial charge on any atom is -0.478 e. The fourth-order valence-electron chi connectivity index (χ4n) is 1.13. The van der Waals surface area contributed by atoms with Crippen molar-refractivity contribution in [1.29, 1.82) is 0 Å². The highest BCUT2D eigenvalue weighted by molar-refractivity contribution is 9.11. The van der Waals surface area contributed by atoms with Crippen LogP contribution in [0.25, 0.3) is 0 Å². The molecule has 5 heteroatoms. The van der Waals surface area contributed by atoms with Crippen molar-refractivity contribution < 1.29 is 9.90 Å². The van der Waals surface area contributed by atoms with Crippen LogP contribution in [0.4, 0.5) is 5.69 Å². The first-order valence-electron chi connectivity index (χ1n) is 4.58. The van der Waals surface area contributed by atoms with E-state index in [1.807, 2.05) is 18.2 Å². The molecule has 2 N–H and O–H groups in total. The van der Waals surface area contributed by atoms with Gasteiger partial charge in [-0.2, -0.15) is 0 Å². The fourth-order valence-corrected chi connectivity index (χ4v) is 1.88. The Hall–Kier alpha value is -0.810. The molecule has 0 bridgehead atoms. The molecule has 1 aromatic carbocycles. The average molecular weight is 349 g/mol. The van der Waals surface area contributed by atoms with E-state index >= 15 is 0 Å². The van der Waals surface area contributed by atoms with Gasteiger partial charge in [0, 0.05) is 27.3 Å². The SMILES string of the molecule is C/C(=C/C(=O)O)CNc1cc(Br)ccc1Br. The van der Waals surface area contributed by atoms with Gasteiger partial charge in [-0.3, -0.25) is 0 Å². The predicted octanol–water partition coefficient (Wildman–Crippen LogP) is 3.65. The first-order valence-corrected chi connectivity index (χ1v) is 6.16. The molecular formula is C11H11Br2NO2. The molecule has 0 unspecified atom stereocenters. The lowest BCUT2D eigenvalue weighted by atomic mass is 10.2. The average Bonchev–Trinajstić information content (AvgIpc) is 2.18. The molecule has 0 aliphatic heterocycles. The number of nitrogens with one attached hydrogen (secondary N) is 1. The lowest BCUT2D eigenvalue weighted by molar-refractivity contribution is -0.131. The van der Waals surface area contributed by atoms with E-state index in [-0.39, 0.29) is 0 Å². The van der Waals surface area contributed by atoms with Gasteiger partial charge in [-0.15, -0.1) is 0 Å². The number of carboxylic acids is 1. The van der Waals surface area contributed by atoms with E-state index in [0.717, 1.165) is 20.2 Å². The van der Waals surface area contributed by atoms with E-state index in [9.17, 15) is 4.79 Å². The first kappa shape index (κ1) is 13.3. The molecule has 16 heavy (non-hydrogen) atoms. The Morgan fingerprint density at radius 1 is 1.50 bits per heavy atom. The third-order valence-corrected chi connectivity index (χ3v) is 3.04. The summed E-state index contributed by atoms with van der Waals surface area (Å²) in [5.41, 5.74) is 1.69. The van der Waals surface area contributed by atoms with Gasteiger partial charge in [-0.25, -0.2) is 4.79 Å². The van der Waals surface area contributed by atoms with Gasteiger partial charge in [0.25, 0.3) is 0 Å². The van der Waals surface area contributed by atoms with E-state index in [1.54, 1.807) is 6.92 Å². The third-order valence-electron chi connectivity index (χ3n) is 1.86. The normalized spacial score (nSPS) is 11.3. The van der Waals surface area contributed by atoms with Gasteiger partial charge in [0.1, 0.15) is 0 Å². The number of aliphatic carboxylic acids is 1. The van der Waals surface area contributed by atoms with Crippen LogP contribution in [0.1, 0.15) is 6.92 Å². The van der Waals surface area contributed by atoms with Crippen molar-refractivity contribution in [3.8, 4) is 0 Å². The molecule has 0 radical (unpaired) electrons. The molecule has 1 aromatic rings. The highest BCUT2D eigenvalue weighted by Gasteiger charge is 2.00. The van der Waals surface area contributed by atoms with Crippen LogP contribution >= 0.6 is 31.9 Å². The second-order valence-corrected chi connectivity index (χ2v) is 5.08. The molecule has 0 aliphatic rings. The highest BCUT2D eigenvalue weighted by Crippen LogP contribution is 2.26. The summed E-state index contributed by atoms with van der Waals surface area (Å²) in [6.45, 7) is 2.27. The first-order chi connectivity index (χ1) is 7.49. The Morgan fingerprint density at radius 2 is 2.19 bits per heavy atom. The molecule has 86 valence electrons. The van der Waals surface area contributed by atoms with Crippen molar-refractivity contribution in [2.24, 2.45) is 0 Å². The maximum absolute atomic E-state index is 10.4.